The molecule has 0 saturated heterocycles. The van der Waals surface area contributed by atoms with Crippen LogP contribution in [0.1, 0.15) is 22.8 Å². The van der Waals surface area contributed by atoms with Crippen LogP contribution in [0.3, 0.4) is 0 Å². The van der Waals surface area contributed by atoms with Gasteiger partial charge in [-0.25, -0.2) is 0 Å². The molecule has 4 heteroatoms. The van der Waals surface area contributed by atoms with Crippen LogP contribution in [0.25, 0.3) is 0 Å². The molecule has 2 N–H and O–H groups in total. The normalized spacial score (nSPS) is 11.9. The lowest BCUT2D eigenvalue weighted by atomic mass is 10.0. The van der Waals surface area contributed by atoms with Gasteiger partial charge in [0.1, 0.15) is 12.6 Å². The SMILES string of the molecule is CC(=O)OC[C@@H](N)C(=O)c1ccc(C)cc1. The van der Waals surface area contributed by atoms with Crippen molar-refractivity contribution in [2.24, 2.45) is 5.73 Å². The zero-order valence-corrected chi connectivity index (χ0v) is 9.40. The Balaban J connectivity index is 2.63. The number of rotatable bonds is 4. The first-order valence-corrected chi connectivity index (χ1v) is 5.00. The van der Waals surface area contributed by atoms with Gasteiger partial charge in [0.05, 0.1) is 0 Å². The van der Waals surface area contributed by atoms with Crippen molar-refractivity contribution in [3.63, 3.8) is 0 Å². The van der Waals surface area contributed by atoms with E-state index in [1.165, 1.54) is 6.92 Å². The average molecular weight is 221 g/mol. The highest BCUT2D eigenvalue weighted by molar-refractivity contribution is 6.00. The van der Waals surface area contributed by atoms with Crippen LogP contribution in [0.2, 0.25) is 0 Å². The summed E-state index contributed by atoms with van der Waals surface area (Å²) in [7, 11) is 0. The second-order valence-electron chi connectivity index (χ2n) is 3.64. The zero-order valence-electron chi connectivity index (χ0n) is 9.40. The van der Waals surface area contributed by atoms with Gasteiger partial charge in [-0.05, 0) is 6.92 Å². The third-order valence-corrected chi connectivity index (χ3v) is 2.14. The van der Waals surface area contributed by atoms with Crippen LogP contribution in [0, 0.1) is 6.92 Å². The second-order valence-corrected chi connectivity index (χ2v) is 3.64. The average Bonchev–Trinajstić information content (AvgIpc) is 2.26. The summed E-state index contributed by atoms with van der Waals surface area (Å²) in [6.07, 6.45) is 0. The van der Waals surface area contributed by atoms with Crippen LogP contribution in [0.15, 0.2) is 24.3 Å². The summed E-state index contributed by atoms with van der Waals surface area (Å²) >= 11 is 0. The number of hydrogen-bond acceptors (Lipinski definition) is 4. The van der Waals surface area contributed by atoms with Gasteiger partial charge in [-0.15, -0.1) is 0 Å². The van der Waals surface area contributed by atoms with Gasteiger partial charge >= 0.3 is 5.97 Å². The maximum absolute atomic E-state index is 11.8. The van der Waals surface area contributed by atoms with Crippen LogP contribution in [0.5, 0.6) is 0 Å². The Bertz CT molecular complexity index is 384. The monoisotopic (exact) mass is 221 g/mol. The second kappa shape index (κ2) is 5.42. The fraction of sp³-hybridized carbons (Fsp3) is 0.333. The number of hydrogen-bond donors (Lipinski definition) is 1. The lowest BCUT2D eigenvalue weighted by Crippen LogP contribution is -2.35. The topological polar surface area (TPSA) is 69.4 Å². The quantitative estimate of drug-likeness (QED) is 0.610. The number of ether oxygens (including phenoxy) is 1. The molecule has 0 aliphatic heterocycles. The number of benzene rings is 1. The van der Waals surface area contributed by atoms with Gasteiger partial charge in [-0.2, -0.15) is 0 Å². The van der Waals surface area contributed by atoms with Crippen LogP contribution in [-0.4, -0.2) is 24.4 Å². The molecule has 86 valence electrons. The van der Waals surface area contributed by atoms with Crippen LogP contribution < -0.4 is 5.73 Å². The van der Waals surface area contributed by atoms with E-state index >= 15 is 0 Å². The molecule has 0 saturated carbocycles. The van der Waals surface area contributed by atoms with Gasteiger partial charge in [0, 0.05) is 12.5 Å². The Kier molecular flexibility index (Phi) is 4.19. The molecule has 0 unspecified atom stereocenters. The highest BCUT2D eigenvalue weighted by Gasteiger charge is 2.16. The Morgan fingerprint density at radius 3 is 2.38 bits per heavy atom. The van der Waals surface area contributed by atoms with Crippen molar-refractivity contribution in [2.75, 3.05) is 6.61 Å². The summed E-state index contributed by atoms with van der Waals surface area (Å²) in [5.41, 5.74) is 7.22. The van der Waals surface area contributed by atoms with Crippen molar-refractivity contribution in [1.82, 2.24) is 0 Å². The Morgan fingerprint density at radius 1 is 1.31 bits per heavy atom. The number of nitrogens with two attached hydrogens (primary N) is 1. The van der Waals surface area contributed by atoms with E-state index in [1.54, 1.807) is 12.1 Å². The van der Waals surface area contributed by atoms with E-state index in [9.17, 15) is 9.59 Å². The molecule has 1 rings (SSSR count). The minimum absolute atomic E-state index is 0.0813. The summed E-state index contributed by atoms with van der Waals surface area (Å²) in [5, 5.41) is 0. The summed E-state index contributed by atoms with van der Waals surface area (Å²) in [4.78, 5) is 22.3. The van der Waals surface area contributed by atoms with Crippen molar-refractivity contribution < 1.29 is 14.3 Å². The van der Waals surface area contributed by atoms with Crippen molar-refractivity contribution >= 4 is 11.8 Å². The predicted octanol–water partition coefficient (Wildman–Crippen LogP) is 1.07. The third kappa shape index (κ3) is 3.47. The molecule has 16 heavy (non-hydrogen) atoms. The van der Waals surface area contributed by atoms with E-state index in [1.807, 2.05) is 19.1 Å². The minimum Gasteiger partial charge on any atom is -0.464 e. The summed E-state index contributed by atoms with van der Waals surface area (Å²) in [5.74, 6) is -0.659. The summed E-state index contributed by atoms with van der Waals surface area (Å²) in [6, 6.07) is 6.31. The number of carbonyl (C=O) groups is 2. The molecule has 0 spiro atoms. The Labute approximate surface area is 94.4 Å². The molecular formula is C12H15NO3. The first-order chi connectivity index (χ1) is 7.50. The molecule has 0 amide bonds. The van der Waals surface area contributed by atoms with E-state index in [2.05, 4.69) is 4.74 Å². The number of aryl methyl sites for hydroxylation is 1. The Hall–Kier alpha value is -1.68. The fourth-order valence-corrected chi connectivity index (χ4v) is 1.21. The van der Waals surface area contributed by atoms with Gasteiger partial charge in [0.15, 0.2) is 5.78 Å². The maximum Gasteiger partial charge on any atom is 0.302 e. The van der Waals surface area contributed by atoms with Crippen LogP contribution in [0.4, 0.5) is 0 Å². The molecule has 0 radical (unpaired) electrons. The first kappa shape index (κ1) is 12.4. The molecule has 0 fully saturated rings. The van der Waals surface area contributed by atoms with E-state index in [-0.39, 0.29) is 12.4 Å². The van der Waals surface area contributed by atoms with E-state index in [0.717, 1.165) is 5.56 Å². The molecular weight excluding hydrogens is 206 g/mol. The van der Waals surface area contributed by atoms with Crippen molar-refractivity contribution in [3.8, 4) is 0 Å². The number of Topliss-reactive ketones (excluding diaryl/α,β-unsaturated/α-hetero) is 1. The zero-order chi connectivity index (χ0) is 12.1. The maximum atomic E-state index is 11.8. The number of esters is 1. The molecule has 0 aromatic heterocycles. The lowest BCUT2D eigenvalue weighted by Gasteiger charge is -2.10. The van der Waals surface area contributed by atoms with E-state index < -0.39 is 12.0 Å². The van der Waals surface area contributed by atoms with Crippen molar-refractivity contribution in [2.45, 2.75) is 19.9 Å². The molecule has 1 aromatic rings. The highest BCUT2D eigenvalue weighted by atomic mass is 16.5. The summed E-state index contributed by atoms with van der Waals surface area (Å²) in [6.45, 7) is 3.14. The largest absolute Gasteiger partial charge is 0.464 e. The molecule has 0 bridgehead atoms. The summed E-state index contributed by atoms with van der Waals surface area (Å²) < 4.78 is 4.69. The van der Waals surface area contributed by atoms with Gasteiger partial charge in [-0.1, -0.05) is 29.8 Å². The van der Waals surface area contributed by atoms with Gasteiger partial charge in [-0.3, -0.25) is 9.59 Å². The third-order valence-electron chi connectivity index (χ3n) is 2.14. The first-order valence-electron chi connectivity index (χ1n) is 5.00. The highest BCUT2D eigenvalue weighted by Crippen LogP contribution is 2.05. The van der Waals surface area contributed by atoms with E-state index in [4.69, 9.17) is 5.73 Å². The Morgan fingerprint density at radius 2 is 1.88 bits per heavy atom. The molecule has 1 aromatic carbocycles. The van der Waals surface area contributed by atoms with Gasteiger partial charge in [0.2, 0.25) is 0 Å². The fourth-order valence-electron chi connectivity index (χ4n) is 1.21. The van der Waals surface area contributed by atoms with Crippen molar-refractivity contribution in [3.05, 3.63) is 35.4 Å². The minimum atomic E-state index is -0.799. The van der Waals surface area contributed by atoms with Gasteiger partial charge in [0.25, 0.3) is 0 Å². The molecule has 4 nitrogen and oxygen atoms in total. The molecule has 0 aliphatic rings. The molecule has 1 atom stereocenters. The lowest BCUT2D eigenvalue weighted by molar-refractivity contribution is -0.141. The van der Waals surface area contributed by atoms with Crippen LogP contribution >= 0.6 is 0 Å². The van der Waals surface area contributed by atoms with Gasteiger partial charge < -0.3 is 10.5 Å². The van der Waals surface area contributed by atoms with E-state index in [0.29, 0.717) is 5.56 Å². The smallest absolute Gasteiger partial charge is 0.302 e. The number of carbonyl (C=O) groups excluding carboxylic acids is 2. The van der Waals surface area contributed by atoms with Crippen LogP contribution in [-0.2, 0) is 9.53 Å². The predicted molar refractivity (Wildman–Crippen MR) is 60.1 cm³/mol. The van der Waals surface area contributed by atoms with Crippen molar-refractivity contribution in [1.29, 1.82) is 0 Å². The molecule has 0 aliphatic carbocycles. The molecule has 0 heterocycles. The number of ketones is 1. The standard InChI is InChI=1S/C12H15NO3/c1-8-3-5-10(6-4-8)12(15)11(13)7-16-9(2)14/h3-6,11H,7,13H2,1-2H3/t11-/m1/s1.